The fourth-order valence-corrected chi connectivity index (χ4v) is 2.11. The standard InChI is InChI=1S/C12H16FN/c1-8-7-11(8)12(14-2)9-3-5-10(13)6-4-9/h3-6,8,11-12,14H,7H2,1-2H3. The van der Waals surface area contributed by atoms with Crippen molar-refractivity contribution < 1.29 is 4.39 Å². The van der Waals surface area contributed by atoms with Crippen molar-refractivity contribution in [2.45, 2.75) is 19.4 Å². The van der Waals surface area contributed by atoms with Crippen molar-refractivity contribution in [2.75, 3.05) is 7.05 Å². The molecule has 3 unspecified atom stereocenters. The molecule has 0 heterocycles. The zero-order valence-corrected chi connectivity index (χ0v) is 8.63. The van der Waals surface area contributed by atoms with Crippen molar-refractivity contribution in [3.8, 4) is 0 Å². The Morgan fingerprint density at radius 1 is 1.36 bits per heavy atom. The van der Waals surface area contributed by atoms with Crippen molar-refractivity contribution in [2.24, 2.45) is 11.8 Å². The number of nitrogens with one attached hydrogen (secondary N) is 1. The minimum atomic E-state index is -0.160. The lowest BCUT2D eigenvalue weighted by Crippen LogP contribution is -2.18. The number of hydrogen-bond donors (Lipinski definition) is 1. The van der Waals surface area contributed by atoms with Gasteiger partial charge >= 0.3 is 0 Å². The molecule has 3 atom stereocenters. The fourth-order valence-electron chi connectivity index (χ4n) is 2.11. The Hall–Kier alpha value is -0.890. The third kappa shape index (κ3) is 1.80. The second kappa shape index (κ2) is 3.70. The summed E-state index contributed by atoms with van der Waals surface area (Å²) in [7, 11) is 1.97. The van der Waals surface area contributed by atoms with Crippen LogP contribution in [-0.4, -0.2) is 7.05 Å². The van der Waals surface area contributed by atoms with E-state index in [1.807, 2.05) is 19.2 Å². The highest BCUT2D eigenvalue weighted by Crippen LogP contribution is 2.46. The fraction of sp³-hybridized carbons (Fsp3) is 0.500. The topological polar surface area (TPSA) is 12.0 Å². The predicted molar refractivity (Wildman–Crippen MR) is 55.5 cm³/mol. The normalized spacial score (nSPS) is 27.4. The molecular weight excluding hydrogens is 177 g/mol. The van der Waals surface area contributed by atoms with Crippen LogP contribution in [0.25, 0.3) is 0 Å². The molecule has 0 bridgehead atoms. The summed E-state index contributed by atoms with van der Waals surface area (Å²) in [6.45, 7) is 2.26. The highest BCUT2D eigenvalue weighted by atomic mass is 19.1. The predicted octanol–water partition coefficient (Wildman–Crippen LogP) is 2.74. The molecule has 2 rings (SSSR count). The molecule has 0 aromatic heterocycles. The van der Waals surface area contributed by atoms with E-state index in [1.165, 1.54) is 24.1 Å². The van der Waals surface area contributed by atoms with Crippen LogP contribution in [0.2, 0.25) is 0 Å². The largest absolute Gasteiger partial charge is 0.313 e. The molecule has 1 saturated carbocycles. The summed E-state index contributed by atoms with van der Waals surface area (Å²) in [4.78, 5) is 0. The van der Waals surface area contributed by atoms with Crippen LogP contribution in [-0.2, 0) is 0 Å². The van der Waals surface area contributed by atoms with Gasteiger partial charge in [0.25, 0.3) is 0 Å². The number of halogens is 1. The molecule has 0 saturated heterocycles. The lowest BCUT2D eigenvalue weighted by molar-refractivity contribution is 0.502. The van der Waals surface area contributed by atoms with Crippen LogP contribution >= 0.6 is 0 Å². The monoisotopic (exact) mass is 193 g/mol. The van der Waals surface area contributed by atoms with Crippen LogP contribution in [0, 0.1) is 17.7 Å². The van der Waals surface area contributed by atoms with Crippen molar-refractivity contribution in [3.05, 3.63) is 35.6 Å². The highest BCUT2D eigenvalue weighted by molar-refractivity contribution is 5.22. The van der Waals surface area contributed by atoms with E-state index >= 15 is 0 Å². The summed E-state index contributed by atoms with van der Waals surface area (Å²) in [6.07, 6.45) is 1.28. The van der Waals surface area contributed by atoms with Crippen molar-refractivity contribution in [1.29, 1.82) is 0 Å². The van der Waals surface area contributed by atoms with Gasteiger partial charge in [0.15, 0.2) is 0 Å². The van der Waals surface area contributed by atoms with E-state index in [0.29, 0.717) is 6.04 Å². The average molecular weight is 193 g/mol. The van der Waals surface area contributed by atoms with Crippen LogP contribution < -0.4 is 5.32 Å². The number of benzene rings is 1. The maximum atomic E-state index is 12.7. The van der Waals surface area contributed by atoms with E-state index in [1.54, 1.807) is 0 Å². The van der Waals surface area contributed by atoms with Gasteiger partial charge in [-0.1, -0.05) is 19.1 Å². The smallest absolute Gasteiger partial charge is 0.123 e. The van der Waals surface area contributed by atoms with Gasteiger partial charge in [-0.25, -0.2) is 4.39 Å². The summed E-state index contributed by atoms with van der Waals surface area (Å²) in [5.41, 5.74) is 1.20. The van der Waals surface area contributed by atoms with E-state index in [0.717, 1.165) is 11.8 Å². The summed E-state index contributed by atoms with van der Waals surface area (Å²) in [5, 5.41) is 3.31. The second-order valence-corrected chi connectivity index (χ2v) is 4.19. The maximum Gasteiger partial charge on any atom is 0.123 e. The van der Waals surface area contributed by atoms with E-state index in [9.17, 15) is 4.39 Å². The second-order valence-electron chi connectivity index (χ2n) is 4.19. The molecule has 1 nitrogen and oxygen atoms in total. The molecule has 14 heavy (non-hydrogen) atoms. The molecule has 76 valence electrons. The van der Waals surface area contributed by atoms with Gasteiger partial charge in [0.2, 0.25) is 0 Å². The van der Waals surface area contributed by atoms with Gasteiger partial charge in [0.1, 0.15) is 5.82 Å². The first-order valence-electron chi connectivity index (χ1n) is 5.15. The molecule has 0 radical (unpaired) electrons. The van der Waals surface area contributed by atoms with Gasteiger partial charge < -0.3 is 5.32 Å². The third-order valence-electron chi connectivity index (χ3n) is 3.14. The highest BCUT2D eigenvalue weighted by Gasteiger charge is 2.39. The first-order chi connectivity index (χ1) is 6.72. The lowest BCUT2D eigenvalue weighted by atomic mass is 10.0. The molecule has 0 spiro atoms. The summed E-state index contributed by atoms with van der Waals surface area (Å²) < 4.78 is 12.7. The zero-order chi connectivity index (χ0) is 10.1. The molecule has 1 aromatic carbocycles. The molecule has 0 aliphatic heterocycles. The molecule has 1 aromatic rings. The SMILES string of the molecule is CNC(c1ccc(F)cc1)C1CC1C. The van der Waals surface area contributed by atoms with Gasteiger partial charge in [-0.05, 0) is 43.0 Å². The van der Waals surface area contributed by atoms with Gasteiger partial charge in [-0.3, -0.25) is 0 Å². The van der Waals surface area contributed by atoms with Crippen LogP contribution in [0.15, 0.2) is 24.3 Å². The summed E-state index contributed by atoms with van der Waals surface area (Å²) in [6, 6.07) is 7.22. The van der Waals surface area contributed by atoms with Crippen molar-refractivity contribution in [1.82, 2.24) is 5.32 Å². The van der Waals surface area contributed by atoms with Crippen molar-refractivity contribution in [3.63, 3.8) is 0 Å². The number of rotatable bonds is 3. The first-order valence-corrected chi connectivity index (χ1v) is 5.15. The van der Waals surface area contributed by atoms with Crippen LogP contribution in [0.4, 0.5) is 4.39 Å². The van der Waals surface area contributed by atoms with Gasteiger partial charge in [-0.2, -0.15) is 0 Å². The number of hydrogen-bond acceptors (Lipinski definition) is 1. The maximum absolute atomic E-state index is 12.7. The molecule has 2 heteroatoms. The van der Waals surface area contributed by atoms with Crippen molar-refractivity contribution >= 4 is 0 Å². The molecule has 1 fully saturated rings. The Balaban J connectivity index is 2.15. The van der Waals surface area contributed by atoms with Gasteiger partial charge in [0, 0.05) is 6.04 Å². The Labute approximate surface area is 84.3 Å². The lowest BCUT2D eigenvalue weighted by Gasteiger charge is -2.16. The first kappa shape index (κ1) is 9.66. The summed E-state index contributed by atoms with van der Waals surface area (Å²) >= 11 is 0. The Morgan fingerprint density at radius 2 is 1.93 bits per heavy atom. The zero-order valence-electron chi connectivity index (χ0n) is 8.63. The molecule has 0 amide bonds. The Kier molecular flexibility index (Phi) is 2.55. The van der Waals surface area contributed by atoms with E-state index < -0.39 is 0 Å². The molecule has 1 aliphatic rings. The van der Waals surface area contributed by atoms with E-state index in [2.05, 4.69) is 12.2 Å². The van der Waals surface area contributed by atoms with Crippen LogP contribution in [0.3, 0.4) is 0 Å². The average Bonchev–Trinajstić information content (AvgIpc) is 2.88. The molecule has 1 N–H and O–H groups in total. The van der Waals surface area contributed by atoms with E-state index in [4.69, 9.17) is 0 Å². The molecular formula is C12H16FN. The minimum Gasteiger partial charge on any atom is -0.313 e. The molecule has 1 aliphatic carbocycles. The Morgan fingerprint density at radius 3 is 2.36 bits per heavy atom. The van der Waals surface area contributed by atoms with Crippen LogP contribution in [0.5, 0.6) is 0 Å². The quantitative estimate of drug-likeness (QED) is 0.778. The summed E-state index contributed by atoms with van der Waals surface area (Å²) in [5.74, 6) is 1.37. The van der Waals surface area contributed by atoms with Gasteiger partial charge in [-0.15, -0.1) is 0 Å². The van der Waals surface area contributed by atoms with Crippen LogP contribution in [0.1, 0.15) is 24.9 Å². The third-order valence-corrected chi connectivity index (χ3v) is 3.14. The minimum absolute atomic E-state index is 0.160. The van der Waals surface area contributed by atoms with Gasteiger partial charge in [0.05, 0.1) is 0 Å². The Bertz CT molecular complexity index is 307. The van der Waals surface area contributed by atoms with E-state index in [-0.39, 0.29) is 5.82 Å².